The number of carbonyl (C=O) groups is 1. The fourth-order valence-electron chi connectivity index (χ4n) is 4.19. The summed E-state index contributed by atoms with van der Waals surface area (Å²) in [6, 6.07) is 4.30. The van der Waals surface area contributed by atoms with Gasteiger partial charge in [-0.25, -0.2) is 9.78 Å². The topological polar surface area (TPSA) is 58.1 Å². The Morgan fingerprint density at radius 1 is 1.20 bits per heavy atom. The summed E-state index contributed by atoms with van der Waals surface area (Å²) in [5, 5.41) is 5.65. The number of pyridine rings is 1. The Morgan fingerprint density at radius 3 is 2.88 bits per heavy atom. The first-order valence-electron chi connectivity index (χ1n) is 9.25. The van der Waals surface area contributed by atoms with Crippen molar-refractivity contribution < 1.29 is 4.79 Å². The van der Waals surface area contributed by atoms with Crippen molar-refractivity contribution >= 4 is 22.5 Å². The molecule has 0 radical (unpaired) electrons. The van der Waals surface area contributed by atoms with Crippen LogP contribution in [0.1, 0.15) is 44.9 Å². The number of nitrogens with zero attached hydrogens (tertiary/aromatic N) is 3. The molecular weight excluding hydrogens is 332 g/mol. The van der Waals surface area contributed by atoms with Gasteiger partial charge in [-0.3, -0.25) is 10.3 Å². The Balaban J connectivity index is 1.42. The number of hydrogen-bond donors (Lipinski definition) is 1. The molecule has 6 heteroatoms. The Hall–Kier alpha value is -1.95. The molecule has 2 fully saturated rings. The molecule has 1 aliphatic heterocycles. The third kappa shape index (κ3) is 3.68. The van der Waals surface area contributed by atoms with E-state index in [0.29, 0.717) is 17.1 Å². The van der Waals surface area contributed by atoms with E-state index in [0.717, 1.165) is 30.6 Å². The third-order valence-corrected chi connectivity index (χ3v) is 6.19. The number of amides is 2. The SMILES string of the molecule is O=C(Nc1nc(-c2cccnc2)cs1)N1CCCC1C1CCCCC1. The van der Waals surface area contributed by atoms with Crippen LogP contribution in [0.25, 0.3) is 11.3 Å². The van der Waals surface area contributed by atoms with Crippen LogP contribution in [0.5, 0.6) is 0 Å². The third-order valence-electron chi connectivity index (χ3n) is 5.43. The molecule has 1 unspecified atom stereocenters. The highest BCUT2D eigenvalue weighted by molar-refractivity contribution is 7.14. The van der Waals surface area contributed by atoms with E-state index in [1.54, 1.807) is 12.4 Å². The molecule has 1 atom stereocenters. The number of carbonyl (C=O) groups excluding carboxylic acids is 1. The van der Waals surface area contributed by atoms with Gasteiger partial charge in [0.25, 0.3) is 0 Å². The molecule has 25 heavy (non-hydrogen) atoms. The number of nitrogens with one attached hydrogen (secondary N) is 1. The van der Waals surface area contributed by atoms with Gasteiger partial charge in [0, 0.05) is 35.9 Å². The Morgan fingerprint density at radius 2 is 2.08 bits per heavy atom. The van der Waals surface area contributed by atoms with E-state index in [2.05, 4.69) is 20.2 Å². The zero-order valence-electron chi connectivity index (χ0n) is 14.4. The molecule has 132 valence electrons. The minimum absolute atomic E-state index is 0.0140. The van der Waals surface area contributed by atoms with Gasteiger partial charge in [-0.05, 0) is 43.7 Å². The molecule has 4 rings (SSSR count). The van der Waals surface area contributed by atoms with E-state index < -0.39 is 0 Å². The van der Waals surface area contributed by atoms with Crippen molar-refractivity contribution in [2.24, 2.45) is 5.92 Å². The number of urea groups is 1. The normalized spacial score (nSPS) is 21.4. The van der Waals surface area contributed by atoms with E-state index in [-0.39, 0.29) is 6.03 Å². The lowest BCUT2D eigenvalue weighted by Crippen LogP contribution is -2.43. The maximum Gasteiger partial charge on any atom is 0.323 e. The molecule has 0 bridgehead atoms. The fraction of sp³-hybridized carbons (Fsp3) is 0.526. The molecule has 1 saturated carbocycles. The predicted molar refractivity (Wildman–Crippen MR) is 101 cm³/mol. The van der Waals surface area contributed by atoms with E-state index in [1.807, 2.05) is 17.5 Å². The second kappa shape index (κ2) is 7.52. The second-order valence-corrected chi connectivity index (χ2v) is 7.87. The van der Waals surface area contributed by atoms with E-state index in [4.69, 9.17) is 0 Å². The summed E-state index contributed by atoms with van der Waals surface area (Å²) in [5.41, 5.74) is 1.83. The molecule has 0 spiro atoms. The van der Waals surface area contributed by atoms with Crippen molar-refractivity contribution in [3.63, 3.8) is 0 Å². The first kappa shape index (κ1) is 16.5. The van der Waals surface area contributed by atoms with Crippen LogP contribution in [0.2, 0.25) is 0 Å². The molecule has 2 aliphatic rings. The van der Waals surface area contributed by atoms with Crippen LogP contribution in [-0.2, 0) is 0 Å². The van der Waals surface area contributed by atoms with Gasteiger partial charge in [0.05, 0.1) is 5.69 Å². The second-order valence-electron chi connectivity index (χ2n) is 7.01. The molecule has 2 amide bonds. The van der Waals surface area contributed by atoms with Crippen molar-refractivity contribution in [3.05, 3.63) is 29.9 Å². The smallest absolute Gasteiger partial charge is 0.321 e. The molecule has 1 saturated heterocycles. The number of aromatic nitrogens is 2. The Kier molecular flexibility index (Phi) is 4.97. The maximum absolute atomic E-state index is 12.8. The van der Waals surface area contributed by atoms with Crippen molar-refractivity contribution in [2.45, 2.75) is 51.0 Å². The van der Waals surface area contributed by atoms with Gasteiger partial charge >= 0.3 is 6.03 Å². The molecule has 2 aromatic rings. The predicted octanol–water partition coefficient (Wildman–Crippen LogP) is 4.78. The summed E-state index contributed by atoms with van der Waals surface area (Å²) < 4.78 is 0. The molecule has 5 nitrogen and oxygen atoms in total. The minimum atomic E-state index is 0.0140. The van der Waals surface area contributed by atoms with E-state index in [1.165, 1.54) is 43.4 Å². The van der Waals surface area contributed by atoms with Crippen LogP contribution < -0.4 is 5.32 Å². The standard InChI is InChI=1S/C19H24N4OS/c24-19(23-11-5-9-17(23)14-6-2-1-3-7-14)22-18-21-16(13-25-18)15-8-4-10-20-12-15/h4,8,10,12-14,17H,1-3,5-7,9,11H2,(H,21,22,24). The Bertz CT molecular complexity index is 711. The van der Waals surface area contributed by atoms with Gasteiger partial charge in [0.1, 0.15) is 0 Å². The average molecular weight is 356 g/mol. The Labute approximate surface area is 152 Å². The van der Waals surface area contributed by atoms with Crippen molar-refractivity contribution in [3.8, 4) is 11.3 Å². The maximum atomic E-state index is 12.8. The first-order chi connectivity index (χ1) is 12.3. The lowest BCUT2D eigenvalue weighted by Gasteiger charge is -2.33. The summed E-state index contributed by atoms with van der Waals surface area (Å²) in [5.74, 6) is 0.684. The molecule has 0 aromatic carbocycles. The van der Waals surface area contributed by atoms with Crippen LogP contribution in [0.15, 0.2) is 29.9 Å². The lowest BCUT2D eigenvalue weighted by molar-refractivity contribution is 0.166. The van der Waals surface area contributed by atoms with Crippen LogP contribution in [0.3, 0.4) is 0 Å². The zero-order valence-corrected chi connectivity index (χ0v) is 15.2. The molecule has 1 aliphatic carbocycles. The zero-order chi connectivity index (χ0) is 17.1. The molecule has 3 heterocycles. The largest absolute Gasteiger partial charge is 0.323 e. The van der Waals surface area contributed by atoms with E-state index >= 15 is 0 Å². The lowest BCUT2D eigenvalue weighted by atomic mass is 9.83. The highest BCUT2D eigenvalue weighted by atomic mass is 32.1. The number of hydrogen-bond acceptors (Lipinski definition) is 4. The highest BCUT2D eigenvalue weighted by Gasteiger charge is 2.35. The number of thiazole rings is 1. The summed E-state index contributed by atoms with van der Waals surface area (Å²) >= 11 is 1.47. The van der Waals surface area contributed by atoms with Gasteiger partial charge in [0.15, 0.2) is 5.13 Å². The highest BCUT2D eigenvalue weighted by Crippen LogP contribution is 2.34. The molecular formula is C19H24N4OS. The first-order valence-corrected chi connectivity index (χ1v) is 10.1. The van der Waals surface area contributed by atoms with Gasteiger partial charge in [-0.2, -0.15) is 0 Å². The number of likely N-dealkylation sites (tertiary alicyclic amines) is 1. The summed E-state index contributed by atoms with van der Waals surface area (Å²) in [6.45, 7) is 0.869. The quantitative estimate of drug-likeness (QED) is 0.861. The van der Waals surface area contributed by atoms with Crippen molar-refractivity contribution in [1.82, 2.24) is 14.9 Å². The summed E-state index contributed by atoms with van der Waals surface area (Å²) in [7, 11) is 0. The fourth-order valence-corrected chi connectivity index (χ4v) is 4.90. The summed E-state index contributed by atoms with van der Waals surface area (Å²) in [6.07, 6.45) is 12.3. The van der Waals surface area contributed by atoms with Gasteiger partial charge in [0.2, 0.25) is 0 Å². The monoisotopic (exact) mass is 356 g/mol. The molecule has 2 aromatic heterocycles. The average Bonchev–Trinajstić information content (AvgIpc) is 3.33. The molecule has 1 N–H and O–H groups in total. The minimum Gasteiger partial charge on any atom is -0.321 e. The van der Waals surface area contributed by atoms with Crippen LogP contribution in [-0.4, -0.2) is 33.5 Å². The van der Waals surface area contributed by atoms with E-state index in [9.17, 15) is 4.79 Å². The van der Waals surface area contributed by atoms with Crippen LogP contribution >= 0.6 is 11.3 Å². The van der Waals surface area contributed by atoms with Crippen LogP contribution in [0.4, 0.5) is 9.93 Å². The number of anilines is 1. The van der Waals surface area contributed by atoms with Crippen molar-refractivity contribution in [1.29, 1.82) is 0 Å². The van der Waals surface area contributed by atoms with Gasteiger partial charge < -0.3 is 4.90 Å². The van der Waals surface area contributed by atoms with Crippen molar-refractivity contribution in [2.75, 3.05) is 11.9 Å². The summed E-state index contributed by atoms with van der Waals surface area (Å²) in [4.78, 5) is 23.5. The van der Waals surface area contributed by atoms with Crippen LogP contribution in [0, 0.1) is 5.92 Å². The van der Waals surface area contributed by atoms with Gasteiger partial charge in [-0.15, -0.1) is 11.3 Å². The number of rotatable bonds is 3. The van der Waals surface area contributed by atoms with Gasteiger partial charge in [-0.1, -0.05) is 19.3 Å².